The third-order valence-electron chi connectivity index (χ3n) is 5.40. The highest BCUT2D eigenvalue weighted by Gasteiger charge is 2.29. The quantitative estimate of drug-likeness (QED) is 0.711. The molecule has 2 aliphatic heterocycles. The van der Waals surface area contributed by atoms with Crippen molar-refractivity contribution in [2.24, 2.45) is 0 Å². The van der Waals surface area contributed by atoms with Gasteiger partial charge in [0, 0.05) is 39.3 Å². The van der Waals surface area contributed by atoms with Gasteiger partial charge < -0.3 is 14.5 Å². The Labute approximate surface area is 172 Å². The van der Waals surface area contributed by atoms with E-state index in [1.165, 1.54) is 17.1 Å². The van der Waals surface area contributed by atoms with E-state index in [9.17, 15) is 8.42 Å². The fraction of sp³-hybridized carbons (Fsp3) is 0.500. The van der Waals surface area contributed by atoms with Crippen LogP contribution >= 0.6 is 0 Å². The topological polar surface area (TPSA) is 78.9 Å². The van der Waals surface area contributed by atoms with Crippen molar-refractivity contribution in [2.45, 2.75) is 24.7 Å². The summed E-state index contributed by atoms with van der Waals surface area (Å²) in [5.74, 6) is 2.39. The Balaban J connectivity index is 1.38. The van der Waals surface area contributed by atoms with E-state index in [1.807, 2.05) is 19.1 Å². The zero-order chi connectivity index (χ0) is 20.3. The van der Waals surface area contributed by atoms with Gasteiger partial charge in [-0.2, -0.15) is 4.31 Å². The summed E-state index contributed by atoms with van der Waals surface area (Å²) in [7, 11) is -3.51. The summed E-state index contributed by atoms with van der Waals surface area (Å²) in [4.78, 5) is 4.63. The molecule has 1 aromatic carbocycles. The van der Waals surface area contributed by atoms with Crippen LogP contribution in [0, 0.1) is 0 Å². The largest absolute Gasteiger partial charge is 0.494 e. The van der Waals surface area contributed by atoms with E-state index in [2.05, 4.69) is 20.0 Å². The van der Waals surface area contributed by atoms with Crippen LogP contribution in [0.1, 0.15) is 19.8 Å². The van der Waals surface area contributed by atoms with E-state index in [1.54, 1.807) is 24.3 Å². The Morgan fingerprint density at radius 2 is 1.38 bits per heavy atom. The molecule has 0 saturated carbocycles. The molecule has 0 aliphatic carbocycles. The lowest BCUT2D eigenvalue weighted by molar-refractivity contribution is 0.340. The molecule has 2 aromatic rings. The molecule has 0 bridgehead atoms. The Bertz CT molecular complexity index is 904. The fourth-order valence-corrected chi connectivity index (χ4v) is 5.21. The monoisotopic (exact) mass is 417 g/mol. The summed E-state index contributed by atoms with van der Waals surface area (Å²) in [6, 6.07) is 10.6. The average Bonchev–Trinajstić information content (AvgIpc) is 3.30. The second kappa shape index (κ2) is 8.54. The average molecular weight is 418 g/mol. The highest BCUT2D eigenvalue weighted by Crippen LogP contribution is 2.23. The van der Waals surface area contributed by atoms with Crippen molar-refractivity contribution >= 4 is 21.7 Å². The Kier molecular flexibility index (Phi) is 5.86. The van der Waals surface area contributed by atoms with Crippen molar-refractivity contribution in [1.82, 2.24) is 14.5 Å². The molecular formula is C20H27N5O3S. The van der Waals surface area contributed by atoms with Crippen LogP contribution in [-0.2, 0) is 10.0 Å². The van der Waals surface area contributed by atoms with Crippen LogP contribution in [0.3, 0.4) is 0 Å². The van der Waals surface area contributed by atoms with Crippen LogP contribution < -0.4 is 14.5 Å². The molecule has 156 valence electrons. The van der Waals surface area contributed by atoms with Gasteiger partial charge >= 0.3 is 0 Å². The Hall–Kier alpha value is -2.39. The highest BCUT2D eigenvalue weighted by molar-refractivity contribution is 7.89. The Morgan fingerprint density at radius 1 is 0.828 bits per heavy atom. The molecule has 8 nitrogen and oxygen atoms in total. The first kappa shape index (κ1) is 19.9. The molecular weight excluding hydrogens is 390 g/mol. The molecule has 1 aromatic heterocycles. The van der Waals surface area contributed by atoms with Crippen LogP contribution in [0.2, 0.25) is 0 Å². The molecule has 2 aliphatic rings. The van der Waals surface area contributed by atoms with Crippen molar-refractivity contribution in [3.63, 3.8) is 0 Å². The minimum Gasteiger partial charge on any atom is -0.494 e. The fourth-order valence-electron chi connectivity index (χ4n) is 3.78. The summed E-state index contributed by atoms with van der Waals surface area (Å²) >= 11 is 0. The third-order valence-corrected chi connectivity index (χ3v) is 7.31. The maximum absolute atomic E-state index is 12.9. The lowest BCUT2D eigenvalue weighted by atomic mass is 10.3. The van der Waals surface area contributed by atoms with E-state index in [4.69, 9.17) is 4.74 Å². The minimum atomic E-state index is -3.51. The number of benzene rings is 1. The normalized spacial score (nSPS) is 18.2. The van der Waals surface area contributed by atoms with Gasteiger partial charge in [-0.25, -0.2) is 8.42 Å². The van der Waals surface area contributed by atoms with E-state index >= 15 is 0 Å². The molecule has 0 amide bonds. The van der Waals surface area contributed by atoms with Gasteiger partial charge in [0.2, 0.25) is 10.0 Å². The molecule has 0 spiro atoms. The van der Waals surface area contributed by atoms with Gasteiger partial charge in [-0.1, -0.05) is 0 Å². The van der Waals surface area contributed by atoms with Crippen molar-refractivity contribution in [3.8, 4) is 5.75 Å². The molecule has 29 heavy (non-hydrogen) atoms. The first-order valence-electron chi connectivity index (χ1n) is 10.1. The van der Waals surface area contributed by atoms with Crippen molar-refractivity contribution in [2.75, 3.05) is 55.7 Å². The lowest BCUT2D eigenvalue weighted by Gasteiger charge is -2.34. The molecule has 0 radical (unpaired) electrons. The van der Waals surface area contributed by atoms with Gasteiger partial charge in [0.1, 0.15) is 5.75 Å². The van der Waals surface area contributed by atoms with Crippen LogP contribution in [-0.4, -0.2) is 68.8 Å². The minimum absolute atomic E-state index is 0.296. The number of ether oxygens (including phenoxy) is 1. The third kappa shape index (κ3) is 4.30. The number of hydrogen-bond donors (Lipinski definition) is 0. The zero-order valence-electron chi connectivity index (χ0n) is 16.7. The molecule has 3 heterocycles. The Morgan fingerprint density at radius 3 is 1.90 bits per heavy atom. The maximum atomic E-state index is 12.9. The van der Waals surface area contributed by atoms with E-state index in [0.29, 0.717) is 43.4 Å². The van der Waals surface area contributed by atoms with Gasteiger partial charge in [-0.05, 0) is 56.2 Å². The summed E-state index contributed by atoms with van der Waals surface area (Å²) < 4.78 is 32.8. The van der Waals surface area contributed by atoms with Crippen LogP contribution in [0.25, 0.3) is 0 Å². The highest BCUT2D eigenvalue weighted by atomic mass is 32.2. The molecule has 0 unspecified atom stereocenters. The smallest absolute Gasteiger partial charge is 0.243 e. The first-order chi connectivity index (χ1) is 14.1. The second-order valence-corrected chi connectivity index (χ2v) is 9.18. The first-order valence-corrected chi connectivity index (χ1v) is 11.6. The van der Waals surface area contributed by atoms with Crippen molar-refractivity contribution < 1.29 is 13.2 Å². The maximum Gasteiger partial charge on any atom is 0.243 e. The molecule has 2 saturated heterocycles. The molecule has 2 fully saturated rings. The molecule has 9 heteroatoms. The number of hydrogen-bond acceptors (Lipinski definition) is 7. The molecule has 4 rings (SSSR count). The molecule has 0 N–H and O–H groups in total. The summed E-state index contributed by atoms with van der Waals surface area (Å²) in [5.41, 5.74) is 0. The number of sulfonamides is 1. The van der Waals surface area contributed by atoms with E-state index < -0.39 is 10.0 Å². The summed E-state index contributed by atoms with van der Waals surface area (Å²) in [5, 5.41) is 8.74. The summed E-state index contributed by atoms with van der Waals surface area (Å²) in [6.45, 7) is 6.55. The van der Waals surface area contributed by atoms with Gasteiger partial charge in [0.15, 0.2) is 11.6 Å². The van der Waals surface area contributed by atoms with Gasteiger partial charge in [0.25, 0.3) is 0 Å². The van der Waals surface area contributed by atoms with Crippen LogP contribution in [0.15, 0.2) is 41.3 Å². The summed E-state index contributed by atoms with van der Waals surface area (Å²) in [6.07, 6.45) is 2.41. The van der Waals surface area contributed by atoms with Gasteiger partial charge in [-0.3, -0.25) is 0 Å². The van der Waals surface area contributed by atoms with Crippen LogP contribution in [0.5, 0.6) is 5.75 Å². The lowest BCUT2D eigenvalue weighted by Crippen LogP contribution is -2.49. The molecule has 0 atom stereocenters. The van der Waals surface area contributed by atoms with Crippen LogP contribution in [0.4, 0.5) is 11.6 Å². The predicted molar refractivity (Wildman–Crippen MR) is 112 cm³/mol. The van der Waals surface area contributed by atoms with Crippen molar-refractivity contribution in [3.05, 3.63) is 36.4 Å². The number of piperazine rings is 1. The number of nitrogens with zero attached hydrogens (tertiary/aromatic N) is 5. The predicted octanol–water partition coefficient (Wildman–Crippen LogP) is 1.99. The second-order valence-electron chi connectivity index (χ2n) is 7.24. The van der Waals surface area contributed by atoms with Gasteiger partial charge in [-0.15, -0.1) is 10.2 Å². The standard InChI is InChI=1S/C20H27N5O3S/c1-2-28-17-5-7-18(8-6-17)29(26,27)25-15-13-24(14-16-25)20-10-9-19(21-22-20)23-11-3-4-12-23/h5-10H,2-4,11-16H2,1H3. The number of rotatable bonds is 6. The SMILES string of the molecule is CCOc1ccc(S(=O)(=O)N2CCN(c3ccc(N4CCCC4)nn3)CC2)cc1. The van der Waals surface area contributed by atoms with Gasteiger partial charge in [0.05, 0.1) is 11.5 Å². The van der Waals surface area contributed by atoms with Crippen molar-refractivity contribution in [1.29, 1.82) is 0 Å². The zero-order valence-corrected chi connectivity index (χ0v) is 17.5. The van der Waals surface area contributed by atoms with E-state index in [0.717, 1.165) is 24.7 Å². The number of anilines is 2. The number of aromatic nitrogens is 2. The van der Waals surface area contributed by atoms with E-state index in [-0.39, 0.29) is 0 Å².